The van der Waals surface area contributed by atoms with Gasteiger partial charge in [-0.25, -0.2) is 4.39 Å². The Bertz CT molecular complexity index is 598. The monoisotopic (exact) mass is 294 g/mol. The molecule has 0 saturated carbocycles. The van der Waals surface area contributed by atoms with Crippen LogP contribution in [0, 0.1) is 27.3 Å². The Morgan fingerprint density at radius 3 is 2.71 bits per heavy atom. The molecule has 1 aromatic carbocycles. The zero-order valence-electron chi connectivity index (χ0n) is 11.7. The number of halogens is 1. The van der Waals surface area contributed by atoms with E-state index in [4.69, 9.17) is 5.26 Å². The van der Waals surface area contributed by atoms with Crippen LogP contribution in [0.5, 0.6) is 0 Å². The van der Waals surface area contributed by atoms with Gasteiger partial charge in [0.2, 0.25) is 0 Å². The van der Waals surface area contributed by atoms with E-state index < -0.39 is 22.3 Å². The van der Waals surface area contributed by atoms with E-state index in [9.17, 15) is 19.3 Å². The molecule has 0 heterocycles. The highest BCUT2D eigenvalue weighted by atomic mass is 19.1. The van der Waals surface area contributed by atoms with Crippen LogP contribution in [-0.4, -0.2) is 35.9 Å². The lowest BCUT2D eigenvalue weighted by Crippen LogP contribution is -2.32. The Morgan fingerprint density at radius 2 is 2.24 bits per heavy atom. The quantitative estimate of drug-likeness (QED) is 0.640. The van der Waals surface area contributed by atoms with Gasteiger partial charge in [-0.15, -0.1) is 0 Å². The molecule has 0 aliphatic rings. The van der Waals surface area contributed by atoms with E-state index in [2.05, 4.69) is 5.32 Å². The maximum Gasteiger partial charge on any atom is 0.285 e. The lowest BCUT2D eigenvalue weighted by atomic mass is 10.1. The normalized spacial score (nSPS) is 9.81. The Kier molecular flexibility index (Phi) is 5.60. The summed E-state index contributed by atoms with van der Waals surface area (Å²) in [6.45, 7) is 2.16. The highest BCUT2D eigenvalue weighted by Gasteiger charge is 2.26. The predicted octanol–water partition coefficient (Wildman–Crippen LogP) is 2.15. The lowest BCUT2D eigenvalue weighted by molar-refractivity contribution is -0.385. The third-order valence-corrected chi connectivity index (χ3v) is 2.94. The summed E-state index contributed by atoms with van der Waals surface area (Å²) in [4.78, 5) is 23.9. The Labute approximate surface area is 121 Å². The summed E-state index contributed by atoms with van der Waals surface area (Å²) >= 11 is 0. The number of nitriles is 1. The van der Waals surface area contributed by atoms with Crippen LogP contribution in [0.3, 0.4) is 0 Å². The van der Waals surface area contributed by atoms with Crippen LogP contribution in [0.2, 0.25) is 0 Å². The minimum absolute atomic E-state index is 0.000265. The summed E-state index contributed by atoms with van der Waals surface area (Å²) in [6.07, 6.45) is 0.119. The lowest BCUT2D eigenvalue weighted by Gasteiger charge is -2.19. The molecule has 0 radical (unpaired) electrons. The van der Waals surface area contributed by atoms with Gasteiger partial charge in [-0.2, -0.15) is 5.26 Å². The molecule has 0 bridgehead atoms. The van der Waals surface area contributed by atoms with E-state index in [0.29, 0.717) is 6.54 Å². The van der Waals surface area contributed by atoms with Crippen molar-refractivity contribution in [2.24, 2.45) is 0 Å². The molecule has 7 nitrogen and oxygen atoms in total. The van der Waals surface area contributed by atoms with Gasteiger partial charge in [-0.1, -0.05) is 0 Å². The predicted molar refractivity (Wildman–Crippen MR) is 74.4 cm³/mol. The smallest absolute Gasteiger partial charge is 0.285 e. The summed E-state index contributed by atoms with van der Waals surface area (Å²) in [5.41, 5.74) is -0.794. The van der Waals surface area contributed by atoms with Crippen LogP contribution < -0.4 is 5.32 Å². The van der Waals surface area contributed by atoms with E-state index in [1.165, 1.54) is 11.9 Å². The topological polar surface area (TPSA) is 99.3 Å². The largest absolute Gasteiger partial charge is 0.386 e. The fraction of sp³-hybridized carbons (Fsp3) is 0.385. The molecule has 21 heavy (non-hydrogen) atoms. The molecule has 0 aliphatic heterocycles. The van der Waals surface area contributed by atoms with E-state index >= 15 is 0 Å². The fourth-order valence-electron chi connectivity index (χ4n) is 1.84. The number of nitro benzene ring substituents is 1. The first-order chi connectivity index (χ1) is 9.96. The summed E-state index contributed by atoms with van der Waals surface area (Å²) in [5, 5.41) is 22.1. The fourth-order valence-corrected chi connectivity index (χ4v) is 1.84. The molecule has 1 aromatic rings. The van der Waals surface area contributed by atoms with Crippen molar-refractivity contribution in [3.63, 3.8) is 0 Å². The molecule has 1 rings (SSSR count). The third kappa shape index (κ3) is 3.66. The van der Waals surface area contributed by atoms with Gasteiger partial charge in [0.05, 0.1) is 29.2 Å². The molecule has 0 aromatic heterocycles. The SMILES string of the molecule is CCN(CCC#N)C(=O)c1cc(NC)c(F)cc1[N+](=O)[O-]. The molecule has 0 spiro atoms. The minimum Gasteiger partial charge on any atom is -0.386 e. The molecule has 8 heteroatoms. The van der Waals surface area contributed by atoms with Gasteiger partial charge in [0, 0.05) is 20.1 Å². The number of nitrogens with zero attached hydrogens (tertiary/aromatic N) is 3. The van der Waals surface area contributed by atoms with Crippen molar-refractivity contribution >= 4 is 17.3 Å². The number of rotatable bonds is 6. The molecule has 1 amide bonds. The van der Waals surface area contributed by atoms with E-state index in [1.807, 2.05) is 6.07 Å². The van der Waals surface area contributed by atoms with E-state index in [1.54, 1.807) is 6.92 Å². The van der Waals surface area contributed by atoms with Gasteiger partial charge in [0.25, 0.3) is 11.6 Å². The zero-order valence-corrected chi connectivity index (χ0v) is 11.7. The number of amides is 1. The van der Waals surface area contributed by atoms with Crippen molar-refractivity contribution in [3.8, 4) is 6.07 Å². The molecule has 0 aliphatic carbocycles. The molecular formula is C13H15FN4O3. The van der Waals surface area contributed by atoms with Crippen LogP contribution >= 0.6 is 0 Å². The molecule has 0 fully saturated rings. The van der Waals surface area contributed by atoms with Crippen LogP contribution in [-0.2, 0) is 0 Å². The van der Waals surface area contributed by atoms with Gasteiger partial charge >= 0.3 is 0 Å². The first kappa shape index (κ1) is 16.4. The second-order valence-electron chi connectivity index (χ2n) is 4.15. The molecule has 0 unspecified atom stereocenters. The standard InChI is InChI=1S/C13H15FN4O3/c1-3-17(6-4-5-15)13(19)9-7-11(16-2)10(14)8-12(9)18(20)21/h7-8,16H,3-4,6H2,1-2H3. The van der Waals surface area contributed by atoms with Crippen LogP contribution in [0.4, 0.5) is 15.8 Å². The van der Waals surface area contributed by atoms with Crippen LogP contribution in [0.1, 0.15) is 23.7 Å². The first-order valence-electron chi connectivity index (χ1n) is 6.28. The highest BCUT2D eigenvalue weighted by Crippen LogP contribution is 2.27. The van der Waals surface area contributed by atoms with Gasteiger partial charge in [0.15, 0.2) is 5.82 Å². The number of carbonyl (C=O) groups excluding carboxylic acids is 1. The van der Waals surface area contributed by atoms with E-state index in [0.717, 1.165) is 12.1 Å². The highest BCUT2D eigenvalue weighted by molar-refractivity contribution is 5.99. The maximum atomic E-state index is 13.6. The molecule has 112 valence electrons. The molecule has 0 saturated heterocycles. The molecule has 1 N–H and O–H groups in total. The molecule has 0 atom stereocenters. The Balaban J connectivity index is 3.29. The number of carbonyl (C=O) groups is 1. The maximum absolute atomic E-state index is 13.6. The van der Waals surface area contributed by atoms with Crippen LogP contribution in [0.15, 0.2) is 12.1 Å². The first-order valence-corrected chi connectivity index (χ1v) is 6.28. The van der Waals surface area contributed by atoms with Gasteiger partial charge in [0.1, 0.15) is 5.56 Å². The van der Waals surface area contributed by atoms with E-state index in [-0.39, 0.29) is 24.2 Å². The Hall–Kier alpha value is -2.69. The second kappa shape index (κ2) is 7.19. The van der Waals surface area contributed by atoms with Crippen LogP contribution in [0.25, 0.3) is 0 Å². The van der Waals surface area contributed by atoms with Gasteiger partial charge in [-0.05, 0) is 13.0 Å². The number of hydrogen-bond donors (Lipinski definition) is 1. The van der Waals surface area contributed by atoms with Crippen molar-refractivity contribution in [2.45, 2.75) is 13.3 Å². The van der Waals surface area contributed by atoms with Crippen molar-refractivity contribution < 1.29 is 14.1 Å². The third-order valence-electron chi connectivity index (χ3n) is 2.94. The number of benzene rings is 1. The average Bonchev–Trinajstić information content (AvgIpc) is 2.47. The summed E-state index contributed by atoms with van der Waals surface area (Å²) < 4.78 is 13.6. The summed E-state index contributed by atoms with van der Waals surface area (Å²) in [5.74, 6) is -1.41. The Morgan fingerprint density at radius 1 is 1.57 bits per heavy atom. The average molecular weight is 294 g/mol. The van der Waals surface area contributed by atoms with Crippen molar-refractivity contribution in [1.82, 2.24) is 4.90 Å². The van der Waals surface area contributed by atoms with Gasteiger partial charge < -0.3 is 10.2 Å². The summed E-state index contributed by atoms with van der Waals surface area (Å²) in [7, 11) is 1.45. The number of hydrogen-bond acceptors (Lipinski definition) is 5. The van der Waals surface area contributed by atoms with Crippen molar-refractivity contribution in [3.05, 3.63) is 33.6 Å². The van der Waals surface area contributed by atoms with Crippen molar-refractivity contribution in [1.29, 1.82) is 5.26 Å². The number of anilines is 1. The molecular weight excluding hydrogens is 279 g/mol. The second-order valence-corrected chi connectivity index (χ2v) is 4.15. The van der Waals surface area contributed by atoms with Gasteiger partial charge in [-0.3, -0.25) is 14.9 Å². The van der Waals surface area contributed by atoms with Crippen molar-refractivity contribution in [2.75, 3.05) is 25.5 Å². The number of nitro groups is 1. The zero-order chi connectivity index (χ0) is 16.0. The number of nitrogens with one attached hydrogen (secondary N) is 1. The summed E-state index contributed by atoms with van der Waals surface area (Å²) in [6, 6.07) is 3.74. The minimum atomic E-state index is -0.805.